The fourth-order valence-electron chi connectivity index (χ4n) is 3.04. The monoisotopic (exact) mass is 334 g/mol. The maximum atomic E-state index is 12.6. The van der Waals surface area contributed by atoms with Crippen LogP contribution in [0.25, 0.3) is 0 Å². The molecule has 2 heterocycles. The average Bonchev–Trinajstić information content (AvgIpc) is 2.56. The van der Waals surface area contributed by atoms with Gasteiger partial charge in [-0.05, 0) is 24.1 Å². The zero-order chi connectivity index (χ0) is 17.5. The van der Waals surface area contributed by atoms with Gasteiger partial charge in [-0.25, -0.2) is 0 Å². The summed E-state index contributed by atoms with van der Waals surface area (Å²) in [6.07, 6.45) is 4.29. The molecule has 1 aromatic rings. The second-order valence-electron chi connectivity index (χ2n) is 6.33. The SMILES string of the molecule is COCC(=O)NC1CCN(Cc2ccncc2)CC1C(=O)N(C)C. The number of hydrogen-bond donors (Lipinski definition) is 1. The van der Waals surface area contributed by atoms with Crippen molar-refractivity contribution in [2.24, 2.45) is 5.92 Å². The molecule has 7 heteroatoms. The summed E-state index contributed by atoms with van der Waals surface area (Å²) in [5.74, 6) is -0.393. The number of pyridine rings is 1. The zero-order valence-electron chi connectivity index (χ0n) is 14.6. The molecule has 2 rings (SSSR count). The number of carbonyl (C=O) groups excluding carboxylic acids is 2. The Balaban J connectivity index is 2.04. The van der Waals surface area contributed by atoms with Gasteiger partial charge in [0.2, 0.25) is 11.8 Å². The van der Waals surface area contributed by atoms with Crippen LogP contribution in [0.3, 0.4) is 0 Å². The Hall–Kier alpha value is -1.99. The molecular formula is C17H26N4O3. The van der Waals surface area contributed by atoms with Gasteiger partial charge in [0.15, 0.2) is 0 Å². The van der Waals surface area contributed by atoms with Crippen molar-refractivity contribution in [3.8, 4) is 0 Å². The Morgan fingerprint density at radius 3 is 2.71 bits per heavy atom. The predicted molar refractivity (Wildman–Crippen MR) is 90.1 cm³/mol. The third kappa shape index (κ3) is 5.01. The lowest BCUT2D eigenvalue weighted by Crippen LogP contribution is -2.55. The van der Waals surface area contributed by atoms with Crippen molar-refractivity contribution in [2.75, 3.05) is 40.9 Å². The molecule has 1 fully saturated rings. The smallest absolute Gasteiger partial charge is 0.246 e. The number of amides is 2. The van der Waals surface area contributed by atoms with Crippen LogP contribution in [0.1, 0.15) is 12.0 Å². The van der Waals surface area contributed by atoms with E-state index in [1.54, 1.807) is 31.4 Å². The normalized spacial score (nSPS) is 21.3. The van der Waals surface area contributed by atoms with Crippen molar-refractivity contribution < 1.29 is 14.3 Å². The van der Waals surface area contributed by atoms with Gasteiger partial charge >= 0.3 is 0 Å². The van der Waals surface area contributed by atoms with E-state index in [1.165, 1.54) is 12.7 Å². The molecule has 0 saturated carbocycles. The van der Waals surface area contributed by atoms with E-state index in [9.17, 15) is 9.59 Å². The van der Waals surface area contributed by atoms with E-state index in [1.807, 2.05) is 12.1 Å². The fraction of sp³-hybridized carbons (Fsp3) is 0.588. The van der Waals surface area contributed by atoms with E-state index in [-0.39, 0.29) is 30.4 Å². The molecule has 0 bridgehead atoms. The molecule has 7 nitrogen and oxygen atoms in total. The van der Waals surface area contributed by atoms with Gasteiger partial charge in [0.25, 0.3) is 0 Å². The Morgan fingerprint density at radius 1 is 1.38 bits per heavy atom. The number of nitrogens with zero attached hydrogens (tertiary/aromatic N) is 3. The van der Waals surface area contributed by atoms with Crippen molar-refractivity contribution in [2.45, 2.75) is 19.0 Å². The molecule has 1 aromatic heterocycles. The second-order valence-corrected chi connectivity index (χ2v) is 6.33. The van der Waals surface area contributed by atoms with Crippen LogP contribution < -0.4 is 5.32 Å². The Bertz CT molecular complexity index is 550. The topological polar surface area (TPSA) is 74.8 Å². The van der Waals surface area contributed by atoms with Gasteiger partial charge in [-0.3, -0.25) is 19.5 Å². The third-order valence-electron chi connectivity index (χ3n) is 4.23. The van der Waals surface area contributed by atoms with Crippen LogP contribution in [0.2, 0.25) is 0 Å². The lowest BCUT2D eigenvalue weighted by Gasteiger charge is -2.39. The van der Waals surface area contributed by atoms with Crippen LogP contribution in [-0.2, 0) is 20.9 Å². The number of piperidine rings is 1. The summed E-state index contributed by atoms with van der Waals surface area (Å²) in [5, 5.41) is 2.94. The van der Waals surface area contributed by atoms with Crippen molar-refractivity contribution in [1.82, 2.24) is 20.1 Å². The number of aromatic nitrogens is 1. The predicted octanol–water partition coefficient (Wildman–Crippen LogP) is 0.123. The Kier molecular flexibility index (Phi) is 6.69. The summed E-state index contributed by atoms with van der Waals surface area (Å²) in [5.41, 5.74) is 1.17. The molecule has 1 aliphatic rings. The first kappa shape index (κ1) is 18.4. The minimum atomic E-state index is -0.253. The standard InChI is InChI=1S/C17H26N4O3/c1-20(2)17(23)14-11-21(10-13-4-7-18-8-5-13)9-6-15(14)19-16(22)12-24-3/h4-5,7-8,14-15H,6,9-12H2,1-3H3,(H,19,22). The number of hydrogen-bond acceptors (Lipinski definition) is 5. The molecule has 2 atom stereocenters. The van der Waals surface area contributed by atoms with Crippen LogP contribution in [-0.4, -0.2) is 73.5 Å². The van der Waals surface area contributed by atoms with Crippen LogP contribution in [0.5, 0.6) is 0 Å². The number of nitrogens with one attached hydrogen (secondary N) is 1. The van der Waals surface area contributed by atoms with Crippen LogP contribution in [0, 0.1) is 5.92 Å². The maximum Gasteiger partial charge on any atom is 0.246 e. The highest BCUT2D eigenvalue weighted by molar-refractivity contribution is 5.82. The van der Waals surface area contributed by atoms with Gasteiger partial charge in [0.1, 0.15) is 6.61 Å². The number of rotatable bonds is 6. The second kappa shape index (κ2) is 8.75. The van der Waals surface area contributed by atoms with Gasteiger partial charge in [-0.1, -0.05) is 0 Å². The molecule has 0 radical (unpaired) electrons. The summed E-state index contributed by atoms with van der Waals surface area (Å²) >= 11 is 0. The molecule has 24 heavy (non-hydrogen) atoms. The molecular weight excluding hydrogens is 308 g/mol. The van der Waals surface area contributed by atoms with Crippen LogP contribution in [0.15, 0.2) is 24.5 Å². The third-order valence-corrected chi connectivity index (χ3v) is 4.23. The molecule has 1 N–H and O–H groups in total. The van der Waals surface area contributed by atoms with E-state index in [2.05, 4.69) is 15.2 Å². The first-order chi connectivity index (χ1) is 11.5. The van der Waals surface area contributed by atoms with Gasteiger partial charge in [0, 0.05) is 59.3 Å². The van der Waals surface area contributed by atoms with Gasteiger partial charge < -0.3 is 15.0 Å². The largest absolute Gasteiger partial charge is 0.375 e. The lowest BCUT2D eigenvalue weighted by molar-refractivity contribution is -0.137. The summed E-state index contributed by atoms with van der Waals surface area (Å²) < 4.78 is 4.86. The highest BCUT2D eigenvalue weighted by atomic mass is 16.5. The van der Waals surface area contributed by atoms with Gasteiger partial charge in [-0.2, -0.15) is 0 Å². The molecule has 0 aliphatic carbocycles. The molecule has 2 unspecified atom stereocenters. The summed E-state index contributed by atoms with van der Waals surface area (Å²) in [4.78, 5) is 32.3. The van der Waals surface area contributed by atoms with E-state index in [4.69, 9.17) is 4.74 Å². The summed E-state index contributed by atoms with van der Waals surface area (Å²) in [7, 11) is 4.98. The van der Waals surface area contributed by atoms with E-state index in [0.717, 1.165) is 19.5 Å². The Labute approximate surface area is 143 Å². The molecule has 132 valence electrons. The Morgan fingerprint density at radius 2 is 2.08 bits per heavy atom. The first-order valence-corrected chi connectivity index (χ1v) is 8.12. The van der Waals surface area contributed by atoms with E-state index < -0.39 is 0 Å². The highest BCUT2D eigenvalue weighted by Gasteiger charge is 2.36. The fourth-order valence-corrected chi connectivity index (χ4v) is 3.04. The number of ether oxygens (including phenoxy) is 1. The molecule has 1 aliphatic heterocycles. The molecule has 1 saturated heterocycles. The van der Waals surface area contributed by atoms with Crippen molar-refractivity contribution in [3.63, 3.8) is 0 Å². The average molecular weight is 334 g/mol. The van der Waals surface area contributed by atoms with Crippen molar-refractivity contribution in [1.29, 1.82) is 0 Å². The maximum absolute atomic E-state index is 12.6. The van der Waals surface area contributed by atoms with Crippen molar-refractivity contribution >= 4 is 11.8 Å². The lowest BCUT2D eigenvalue weighted by atomic mass is 9.90. The first-order valence-electron chi connectivity index (χ1n) is 8.12. The molecule has 0 aromatic carbocycles. The van der Waals surface area contributed by atoms with Crippen molar-refractivity contribution in [3.05, 3.63) is 30.1 Å². The van der Waals surface area contributed by atoms with Gasteiger partial charge in [-0.15, -0.1) is 0 Å². The van der Waals surface area contributed by atoms with Gasteiger partial charge in [0.05, 0.1) is 5.92 Å². The molecule has 2 amide bonds. The van der Waals surface area contributed by atoms with Crippen LogP contribution >= 0.6 is 0 Å². The number of carbonyl (C=O) groups is 2. The quantitative estimate of drug-likeness (QED) is 0.800. The summed E-state index contributed by atoms with van der Waals surface area (Å²) in [6.45, 7) is 2.24. The van der Waals surface area contributed by atoms with E-state index >= 15 is 0 Å². The number of likely N-dealkylation sites (tertiary alicyclic amines) is 1. The number of methoxy groups -OCH3 is 1. The van der Waals surface area contributed by atoms with E-state index in [0.29, 0.717) is 6.54 Å². The zero-order valence-corrected chi connectivity index (χ0v) is 14.6. The minimum absolute atomic E-state index is 0.0140. The summed E-state index contributed by atoms with van der Waals surface area (Å²) in [6, 6.07) is 3.81. The van der Waals surface area contributed by atoms with Crippen LogP contribution in [0.4, 0.5) is 0 Å². The molecule has 0 spiro atoms. The minimum Gasteiger partial charge on any atom is -0.375 e. The highest BCUT2D eigenvalue weighted by Crippen LogP contribution is 2.21.